The van der Waals surface area contributed by atoms with Crippen molar-refractivity contribution in [3.63, 3.8) is 0 Å². The number of alkyl halides is 2. The number of aromatic nitrogens is 1. The van der Waals surface area contributed by atoms with E-state index in [4.69, 9.17) is 4.74 Å². The second-order valence-corrected chi connectivity index (χ2v) is 5.30. The summed E-state index contributed by atoms with van der Waals surface area (Å²) in [6, 6.07) is 0. The summed E-state index contributed by atoms with van der Waals surface area (Å²) in [5.41, 5.74) is -0.595. The first kappa shape index (κ1) is 16.5. The number of nitrogens with one attached hydrogen (secondary N) is 1. The van der Waals surface area contributed by atoms with Crippen molar-refractivity contribution in [1.29, 1.82) is 0 Å². The van der Waals surface area contributed by atoms with Crippen LogP contribution in [0.4, 0.5) is 8.78 Å². The molecule has 0 saturated heterocycles. The third kappa shape index (κ3) is 4.22. The third-order valence-electron chi connectivity index (χ3n) is 2.30. The predicted molar refractivity (Wildman–Crippen MR) is 69.7 cm³/mol. The lowest BCUT2D eigenvalue weighted by atomic mass is 10.2. The number of hydrogen-bond donors (Lipinski definition) is 1. The van der Waals surface area contributed by atoms with E-state index in [0.29, 0.717) is 0 Å². The number of halogens is 2. The number of thiazole rings is 1. The average Bonchev–Trinajstić information content (AvgIpc) is 2.80. The first-order valence-electron chi connectivity index (χ1n) is 6.09. The average molecular weight is 306 g/mol. The van der Waals surface area contributed by atoms with Gasteiger partial charge < -0.3 is 10.1 Å². The Bertz CT molecular complexity index is 489. The summed E-state index contributed by atoms with van der Waals surface area (Å²) in [5, 5.41) is 2.81. The van der Waals surface area contributed by atoms with Crippen LogP contribution in [0.3, 0.4) is 0 Å². The summed E-state index contributed by atoms with van der Waals surface area (Å²) in [4.78, 5) is 26.4. The largest absolute Gasteiger partial charge is 0.462 e. The number of rotatable bonds is 6. The highest BCUT2D eigenvalue weighted by atomic mass is 32.1. The lowest BCUT2D eigenvalue weighted by Crippen LogP contribution is -2.27. The molecule has 112 valence electrons. The first-order chi connectivity index (χ1) is 9.36. The van der Waals surface area contributed by atoms with Gasteiger partial charge in [-0.05, 0) is 6.92 Å². The second-order valence-electron chi connectivity index (χ2n) is 4.22. The summed E-state index contributed by atoms with van der Waals surface area (Å²) >= 11 is 0.809. The molecule has 0 atom stereocenters. The molecule has 1 amide bonds. The van der Waals surface area contributed by atoms with Gasteiger partial charge in [0.1, 0.15) is 15.6 Å². The topological polar surface area (TPSA) is 68.3 Å². The van der Waals surface area contributed by atoms with Gasteiger partial charge in [-0.3, -0.25) is 4.79 Å². The highest BCUT2D eigenvalue weighted by Crippen LogP contribution is 2.28. The van der Waals surface area contributed by atoms with Crippen LogP contribution < -0.4 is 5.32 Å². The van der Waals surface area contributed by atoms with Crippen LogP contribution in [-0.2, 0) is 16.1 Å². The molecule has 0 aromatic carbocycles. The van der Waals surface area contributed by atoms with Crippen LogP contribution in [0.2, 0.25) is 0 Å². The molecule has 1 N–H and O–H groups in total. The van der Waals surface area contributed by atoms with Crippen LogP contribution in [0.25, 0.3) is 0 Å². The maximum atomic E-state index is 12.8. The monoisotopic (exact) mass is 306 g/mol. The lowest BCUT2D eigenvalue weighted by molar-refractivity contribution is -0.124. The number of ether oxygens (including phenoxy) is 1. The lowest BCUT2D eigenvalue weighted by Gasteiger charge is -2.04. The molecule has 0 spiro atoms. The third-order valence-corrected chi connectivity index (χ3v) is 3.35. The predicted octanol–water partition coefficient (Wildman–Crippen LogP) is 2.53. The van der Waals surface area contributed by atoms with E-state index in [2.05, 4.69) is 10.3 Å². The van der Waals surface area contributed by atoms with E-state index >= 15 is 0 Å². The van der Waals surface area contributed by atoms with Crippen LogP contribution in [0.1, 0.15) is 47.6 Å². The van der Waals surface area contributed by atoms with Gasteiger partial charge in [-0.1, -0.05) is 13.8 Å². The number of esters is 1. The molecule has 5 nitrogen and oxygen atoms in total. The Morgan fingerprint density at radius 2 is 2.05 bits per heavy atom. The maximum absolute atomic E-state index is 12.8. The summed E-state index contributed by atoms with van der Waals surface area (Å²) in [6.45, 7) is 5.13. The zero-order chi connectivity index (χ0) is 15.3. The van der Waals surface area contributed by atoms with E-state index in [1.54, 1.807) is 20.8 Å². The van der Waals surface area contributed by atoms with Crippen LogP contribution >= 0.6 is 11.3 Å². The normalized spacial score (nSPS) is 10.9. The molecule has 0 aliphatic heterocycles. The summed E-state index contributed by atoms with van der Waals surface area (Å²) in [5.74, 6) is -1.24. The molecule has 0 saturated carbocycles. The molecule has 0 bridgehead atoms. The smallest absolute Gasteiger partial charge is 0.350 e. The molecule has 1 aromatic rings. The number of carbonyl (C=O) groups is 2. The van der Waals surface area contributed by atoms with Gasteiger partial charge in [0, 0.05) is 5.92 Å². The Balaban J connectivity index is 2.86. The summed E-state index contributed by atoms with van der Waals surface area (Å²) in [7, 11) is 0. The Hall–Kier alpha value is -1.57. The van der Waals surface area contributed by atoms with Gasteiger partial charge in [0.2, 0.25) is 5.91 Å². The van der Waals surface area contributed by atoms with Crippen molar-refractivity contribution >= 4 is 23.2 Å². The van der Waals surface area contributed by atoms with Crippen LogP contribution in [0, 0.1) is 5.92 Å². The molecule has 0 fully saturated rings. The van der Waals surface area contributed by atoms with E-state index in [0.717, 1.165) is 11.3 Å². The summed E-state index contributed by atoms with van der Waals surface area (Å²) < 4.78 is 30.3. The van der Waals surface area contributed by atoms with Gasteiger partial charge >= 0.3 is 5.97 Å². The molecule has 1 rings (SSSR count). The van der Waals surface area contributed by atoms with Gasteiger partial charge in [0.15, 0.2) is 0 Å². The fourth-order valence-electron chi connectivity index (χ4n) is 1.31. The Kier molecular flexibility index (Phi) is 6.00. The minimum absolute atomic E-state index is 0.0147. The van der Waals surface area contributed by atoms with Crippen LogP contribution in [0.5, 0.6) is 0 Å². The van der Waals surface area contributed by atoms with Crippen molar-refractivity contribution in [1.82, 2.24) is 10.3 Å². The SMILES string of the molecule is CCOC(=O)c1sc(CNC(=O)C(C)C)nc1C(F)F. The van der Waals surface area contributed by atoms with Gasteiger partial charge in [-0.15, -0.1) is 11.3 Å². The molecule has 0 radical (unpaired) electrons. The van der Waals surface area contributed by atoms with E-state index in [1.807, 2.05) is 0 Å². The van der Waals surface area contributed by atoms with E-state index in [9.17, 15) is 18.4 Å². The van der Waals surface area contributed by atoms with Crippen molar-refractivity contribution in [2.24, 2.45) is 5.92 Å². The molecule has 1 aromatic heterocycles. The molecule has 8 heteroatoms. The zero-order valence-electron chi connectivity index (χ0n) is 11.4. The molecular formula is C12H16F2N2O3S. The fourth-order valence-corrected chi connectivity index (χ4v) is 2.22. The maximum Gasteiger partial charge on any atom is 0.350 e. The number of hydrogen-bond acceptors (Lipinski definition) is 5. The van der Waals surface area contributed by atoms with Crippen molar-refractivity contribution in [3.8, 4) is 0 Å². The van der Waals surface area contributed by atoms with Gasteiger partial charge in [0.05, 0.1) is 13.2 Å². The zero-order valence-corrected chi connectivity index (χ0v) is 12.2. The van der Waals surface area contributed by atoms with Crippen molar-refractivity contribution in [2.45, 2.75) is 33.7 Å². The Labute approximate surface area is 119 Å². The number of carbonyl (C=O) groups excluding carboxylic acids is 2. The minimum Gasteiger partial charge on any atom is -0.462 e. The van der Waals surface area contributed by atoms with E-state index in [1.165, 1.54) is 0 Å². The fraction of sp³-hybridized carbons (Fsp3) is 0.583. The molecular weight excluding hydrogens is 290 g/mol. The van der Waals surface area contributed by atoms with Gasteiger partial charge in [0.25, 0.3) is 6.43 Å². The highest BCUT2D eigenvalue weighted by molar-refractivity contribution is 7.13. The Morgan fingerprint density at radius 1 is 1.40 bits per heavy atom. The number of nitrogens with zero attached hydrogens (tertiary/aromatic N) is 1. The van der Waals surface area contributed by atoms with Crippen LogP contribution in [0.15, 0.2) is 0 Å². The second kappa shape index (κ2) is 7.28. The standard InChI is InChI=1S/C12H16F2N2O3S/c1-4-19-12(18)9-8(10(13)14)16-7(20-9)5-15-11(17)6(2)3/h6,10H,4-5H2,1-3H3,(H,15,17). The molecule has 20 heavy (non-hydrogen) atoms. The van der Waals surface area contributed by atoms with Crippen molar-refractivity contribution in [3.05, 3.63) is 15.6 Å². The minimum atomic E-state index is -2.86. The van der Waals surface area contributed by atoms with Crippen molar-refractivity contribution < 1.29 is 23.1 Å². The number of amides is 1. The molecule has 0 aliphatic rings. The van der Waals surface area contributed by atoms with Gasteiger partial charge in [-0.25, -0.2) is 18.6 Å². The van der Waals surface area contributed by atoms with E-state index < -0.39 is 18.1 Å². The highest BCUT2D eigenvalue weighted by Gasteiger charge is 2.25. The van der Waals surface area contributed by atoms with Gasteiger partial charge in [-0.2, -0.15) is 0 Å². The Morgan fingerprint density at radius 3 is 2.55 bits per heavy atom. The van der Waals surface area contributed by atoms with E-state index in [-0.39, 0.29) is 34.9 Å². The molecule has 1 heterocycles. The quantitative estimate of drug-likeness (QED) is 0.820. The van der Waals surface area contributed by atoms with Crippen LogP contribution in [-0.4, -0.2) is 23.5 Å². The summed E-state index contributed by atoms with van der Waals surface area (Å²) in [6.07, 6.45) is -2.86. The van der Waals surface area contributed by atoms with Crippen molar-refractivity contribution in [2.75, 3.05) is 6.61 Å². The molecule has 0 aliphatic carbocycles. The molecule has 0 unspecified atom stereocenters. The first-order valence-corrected chi connectivity index (χ1v) is 6.91.